The molecular weight excluding hydrogens is 386 g/mol. The zero-order valence-electron chi connectivity index (χ0n) is 18.0. The van der Waals surface area contributed by atoms with Crippen LogP contribution in [0.5, 0.6) is 0 Å². The van der Waals surface area contributed by atoms with E-state index in [1.54, 1.807) is 12.1 Å². The highest BCUT2D eigenvalue weighted by atomic mass is 32.2. The average Bonchev–Trinajstić information content (AvgIpc) is 2.95. The number of benzene rings is 1. The number of sulfonamides is 1. The van der Waals surface area contributed by atoms with Gasteiger partial charge in [0, 0.05) is 19.1 Å². The summed E-state index contributed by atoms with van der Waals surface area (Å²) in [6.07, 6.45) is 5.21. The van der Waals surface area contributed by atoms with Crippen LogP contribution < -0.4 is 15.8 Å². The third kappa shape index (κ3) is 7.95. The Morgan fingerprint density at radius 2 is 1.86 bits per heavy atom. The highest BCUT2D eigenvalue weighted by Gasteiger charge is 2.22. The summed E-state index contributed by atoms with van der Waals surface area (Å²) in [5, 5.41) is 12.0. The molecule has 1 fully saturated rings. The third-order valence-electron chi connectivity index (χ3n) is 5.35. The number of nitrogens with one attached hydrogen (secondary N) is 2. The van der Waals surface area contributed by atoms with E-state index in [1.807, 2.05) is 13.0 Å². The van der Waals surface area contributed by atoms with Gasteiger partial charge in [0.2, 0.25) is 10.0 Å². The summed E-state index contributed by atoms with van der Waals surface area (Å²) >= 11 is 0. The Labute approximate surface area is 176 Å². The Hall–Kier alpha value is -1.64. The van der Waals surface area contributed by atoms with Crippen molar-refractivity contribution in [3.05, 3.63) is 29.8 Å². The highest BCUT2D eigenvalue weighted by Crippen LogP contribution is 2.17. The first-order chi connectivity index (χ1) is 13.8. The van der Waals surface area contributed by atoms with Crippen molar-refractivity contribution in [2.75, 3.05) is 26.2 Å². The first kappa shape index (κ1) is 23.6. The number of aliphatic imine (C=N–C) groups is 1. The molecule has 0 saturated carbocycles. The van der Waals surface area contributed by atoms with Crippen molar-refractivity contribution < 1.29 is 8.42 Å². The molecule has 1 aliphatic rings. The molecule has 1 atom stereocenters. The molecule has 0 amide bonds. The maximum Gasteiger partial charge on any atom is 0.238 e. The Bertz CT molecular complexity index is 756. The smallest absolute Gasteiger partial charge is 0.238 e. The van der Waals surface area contributed by atoms with E-state index in [2.05, 4.69) is 34.4 Å². The van der Waals surface area contributed by atoms with E-state index in [1.165, 1.54) is 44.8 Å². The largest absolute Gasteiger partial charge is 0.357 e. The molecular formula is C21H37N5O2S. The van der Waals surface area contributed by atoms with Crippen LogP contribution in [0.15, 0.2) is 34.2 Å². The number of rotatable bonds is 8. The molecule has 164 valence electrons. The molecule has 1 aromatic rings. The van der Waals surface area contributed by atoms with Gasteiger partial charge in [-0.05, 0) is 56.5 Å². The molecule has 0 aliphatic carbocycles. The quantitative estimate of drug-likeness (QED) is 0.440. The maximum absolute atomic E-state index is 11.6. The second kappa shape index (κ2) is 11.5. The summed E-state index contributed by atoms with van der Waals surface area (Å²) in [4.78, 5) is 7.37. The van der Waals surface area contributed by atoms with Crippen LogP contribution in [-0.4, -0.2) is 51.5 Å². The second-order valence-corrected chi connectivity index (χ2v) is 9.59. The summed E-state index contributed by atoms with van der Waals surface area (Å²) in [6, 6.07) is 7.09. The fourth-order valence-corrected chi connectivity index (χ4v) is 4.33. The Morgan fingerprint density at radius 3 is 2.45 bits per heavy atom. The molecule has 8 heteroatoms. The Balaban J connectivity index is 2.04. The molecule has 0 aromatic heterocycles. The fraction of sp³-hybridized carbons (Fsp3) is 0.667. The van der Waals surface area contributed by atoms with Gasteiger partial charge in [-0.3, -0.25) is 4.90 Å². The maximum atomic E-state index is 11.6. The predicted molar refractivity (Wildman–Crippen MR) is 119 cm³/mol. The van der Waals surface area contributed by atoms with Crippen LogP contribution >= 0.6 is 0 Å². The lowest BCUT2D eigenvalue weighted by molar-refractivity contribution is 0.161. The van der Waals surface area contributed by atoms with Crippen LogP contribution in [0.1, 0.15) is 52.0 Å². The SMILES string of the molecule is CCNC(=NCc1cccc(S(N)(=O)=O)c1)NCC(C(C)C)N1CCCCCC1. The third-order valence-corrected chi connectivity index (χ3v) is 6.26. The molecule has 2 rings (SSSR count). The normalized spacial score (nSPS) is 17.8. The average molecular weight is 424 g/mol. The van der Waals surface area contributed by atoms with E-state index in [0.29, 0.717) is 18.5 Å². The van der Waals surface area contributed by atoms with Crippen molar-refractivity contribution >= 4 is 16.0 Å². The first-order valence-electron chi connectivity index (χ1n) is 10.7. The van der Waals surface area contributed by atoms with Gasteiger partial charge >= 0.3 is 0 Å². The van der Waals surface area contributed by atoms with E-state index < -0.39 is 10.0 Å². The highest BCUT2D eigenvalue weighted by molar-refractivity contribution is 7.89. The van der Waals surface area contributed by atoms with Gasteiger partial charge in [-0.2, -0.15) is 0 Å². The summed E-state index contributed by atoms with van der Waals surface area (Å²) in [7, 11) is -3.71. The number of hydrogen-bond acceptors (Lipinski definition) is 4. The minimum Gasteiger partial charge on any atom is -0.357 e. The van der Waals surface area contributed by atoms with Crippen molar-refractivity contribution in [1.82, 2.24) is 15.5 Å². The molecule has 1 aliphatic heterocycles. The first-order valence-corrected chi connectivity index (χ1v) is 12.2. The molecule has 1 saturated heterocycles. The van der Waals surface area contributed by atoms with Crippen LogP contribution in [0.4, 0.5) is 0 Å². The summed E-state index contributed by atoms with van der Waals surface area (Å²) in [5.74, 6) is 1.30. The topological polar surface area (TPSA) is 99.8 Å². The van der Waals surface area contributed by atoms with E-state index in [9.17, 15) is 8.42 Å². The molecule has 4 N–H and O–H groups in total. The lowest BCUT2D eigenvalue weighted by Gasteiger charge is -2.34. The van der Waals surface area contributed by atoms with Gasteiger partial charge in [0.05, 0.1) is 11.4 Å². The van der Waals surface area contributed by atoms with Gasteiger partial charge in [0.15, 0.2) is 5.96 Å². The van der Waals surface area contributed by atoms with Crippen molar-refractivity contribution in [1.29, 1.82) is 0 Å². The molecule has 0 bridgehead atoms. The van der Waals surface area contributed by atoms with Crippen LogP contribution in [0.25, 0.3) is 0 Å². The van der Waals surface area contributed by atoms with Crippen molar-refractivity contribution in [2.24, 2.45) is 16.0 Å². The molecule has 1 heterocycles. The van der Waals surface area contributed by atoms with E-state index >= 15 is 0 Å². The number of hydrogen-bond donors (Lipinski definition) is 3. The number of primary sulfonamides is 1. The van der Waals surface area contributed by atoms with Crippen LogP contribution in [0.3, 0.4) is 0 Å². The van der Waals surface area contributed by atoms with E-state index in [-0.39, 0.29) is 4.90 Å². The Morgan fingerprint density at radius 1 is 1.17 bits per heavy atom. The summed E-state index contributed by atoms with van der Waals surface area (Å²) in [5.41, 5.74) is 0.807. The van der Waals surface area contributed by atoms with Crippen molar-refractivity contribution in [2.45, 2.75) is 63.9 Å². The van der Waals surface area contributed by atoms with E-state index in [4.69, 9.17) is 5.14 Å². The molecule has 0 radical (unpaired) electrons. The Kier molecular flexibility index (Phi) is 9.39. The van der Waals surface area contributed by atoms with Crippen molar-refractivity contribution in [3.8, 4) is 0 Å². The lowest BCUT2D eigenvalue weighted by Crippen LogP contribution is -2.49. The number of guanidine groups is 1. The van der Waals surface area contributed by atoms with Gasteiger partial charge in [-0.15, -0.1) is 0 Å². The summed E-state index contributed by atoms with van der Waals surface area (Å²) in [6.45, 7) is 10.9. The van der Waals surface area contributed by atoms with Gasteiger partial charge in [0.1, 0.15) is 0 Å². The van der Waals surface area contributed by atoms with Gasteiger partial charge in [0.25, 0.3) is 0 Å². The van der Waals surface area contributed by atoms with Gasteiger partial charge in [-0.25, -0.2) is 18.5 Å². The van der Waals surface area contributed by atoms with Crippen molar-refractivity contribution in [3.63, 3.8) is 0 Å². The predicted octanol–water partition coefficient (Wildman–Crippen LogP) is 2.29. The summed E-state index contributed by atoms with van der Waals surface area (Å²) < 4.78 is 23.1. The molecule has 0 spiro atoms. The number of likely N-dealkylation sites (tertiary alicyclic amines) is 1. The molecule has 1 unspecified atom stereocenters. The molecule has 29 heavy (non-hydrogen) atoms. The van der Waals surface area contributed by atoms with Gasteiger partial charge < -0.3 is 10.6 Å². The van der Waals surface area contributed by atoms with Crippen LogP contribution in [0, 0.1) is 5.92 Å². The van der Waals surface area contributed by atoms with Crippen LogP contribution in [0.2, 0.25) is 0 Å². The van der Waals surface area contributed by atoms with Crippen LogP contribution in [-0.2, 0) is 16.6 Å². The van der Waals surface area contributed by atoms with Gasteiger partial charge in [-0.1, -0.05) is 38.8 Å². The second-order valence-electron chi connectivity index (χ2n) is 8.03. The zero-order chi connectivity index (χ0) is 21.3. The number of nitrogens with zero attached hydrogens (tertiary/aromatic N) is 2. The minimum atomic E-state index is -3.71. The van der Waals surface area contributed by atoms with E-state index in [0.717, 1.165) is 24.6 Å². The zero-order valence-corrected chi connectivity index (χ0v) is 18.8. The molecule has 1 aromatic carbocycles. The molecule has 7 nitrogen and oxygen atoms in total. The standard InChI is InChI=1S/C21H37N5O2S/c1-4-23-21(24-15-18-10-9-11-19(14-18)29(22,27)28)25-16-20(17(2)3)26-12-7-5-6-8-13-26/h9-11,14,17,20H,4-8,12-13,15-16H2,1-3H3,(H2,22,27,28)(H2,23,24,25). The number of nitrogens with two attached hydrogens (primary N) is 1. The fourth-order valence-electron chi connectivity index (χ4n) is 3.75. The monoisotopic (exact) mass is 423 g/mol. The lowest BCUT2D eigenvalue weighted by atomic mass is 10.0. The minimum absolute atomic E-state index is 0.115.